The summed E-state index contributed by atoms with van der Waals surface area (Å²) in [5, 5.41) is 34.7. The van der Waals surface area contributed by atoms with Crippen LogP contribution in [-0.4, -0.2) is 101 Å². The highest BCUT2D eigenvalue weighted by Gasteiger charge is 2.54. The molecule has 1 aliphatic carbocycles. The van der Waals surface area contributed by atoms with E-state index in [0.29, 0.717) is 41.4 Å². The van der Waals surface area contributed by atoms with Crippen LogP contribution in [0.15, 0.2) is 28.7 Å². The molecule has 8 N–H and O–H groups in total. The number of thiazole rings is 1. The standard InChI is InChI=1S/C28H36N8O9S2/c1-27(2)19(11-36(27)45-47(40,41)42)33-24(37)22(17-12-46-26(30)32-17)35-44-28(3,25(38)39)20-7-5-13-8-14(4-6-18(13)43-20)23(29)34-21-15-9-31-10-16(15)21/h4,6,8,12,15-16,19-21,31H,5,7,9-11H2,1-3H3,(H2,29,34)(H2,30,32)(H,33,37)(H,38,39)(H,40,41,42)/b35-22-/t15-,16+,19-,20-,21+,28+/m1/s1. The zero-order valence-corrected chi connectivity index (χ0v) is 27.4. The van der Waals surface area contributed by atoms with Crippen molar-refractivity contribution >= 4 is 50.3 Å². The molecule has 1 aromatic heterocycles. The third kappa shape index (κ3) is 6.50. The second-order valence-electron chi connectivity index (χ2n) is 12.8. The molecule has 0 spiro atoms. The third-order valence-corrected chi connectivity index (χ3v) is 10.4. The summed E-state index contributed by atoms with van der Waals surface area (Å²) in [7, 11) is -4.77. The molecule has 3 aliphatic heterocycles. The Hall–Kier alpha value is -3.88. The van der Waals surface area contributed by atoms with Crippen LogP contribution in [0.4, 0.5) is 5.13 Å². The SMILES string of the molecule is CC1(C)[C@H](NC(=O)/C(=N\O[C@](C)(C(=O)O)[C@H]2CCc3cc(C(=N)N[C@H]4[C@@H]5CNC[C@@H]54)ccc3O2)c2csc(N)n2)CN1OS(=O)(=O)O. The minimum Gasteiger partial charge on any atom is -0.485 e. The van der Waals surface area contributed by atoms with Gasteiger partial charge in [-0.2, -0.15) is 17.8 Å². The Balaban J connectivity index is 1.16. The van der Waals surface area contributed by atoms with Gasteiger partial charge in [0, 0.05) is 36.6 Å². The van der Waals surface area contributed by atoms with Gasteiger partial charge in [-0.15, -0.1) is 11.3 Å². The van der Waals surface area contributed by atoms with E-state index in [1.54, 1.807) is 26.0 Å². The summed E-state index contributed by atoms with van der Waals surface area (Å²) in [5.74, 6) is -0.277. The summed E-state index contributed by atoms with van der Waals surface area (Å²) in [6.07, 6.45) is -0.302. The maximum absolute atomic E-state index is 13.4. The number of amidine groups is 1. The fraction of sp³-hybridized carbons (Fsp3) is 0.536. The summed E-state index contributed by atoms with van der Waals surface area (Å²) in [5.41, 5.74) is 3.91. The lowest BCUT2D eigenvalue weighted by Gasteiger charge is -2.52. The molecule has 0 radical (unpaired) electrons. The number of nitrogens with zero attached hydrogens (tertiary/aromatic N) is 3. The van der Waals surface area contributed by atoms with Crippen LogP contribution in [0.2, 0.25) is 0 Å². The largest absolute Gasteiger partial charge is 0.485 e. The molecule has 47 heavy (non-hydrogen) atoms. The lowest BCUT2D eigenvalue weighted by Crippen LogP contribution is -2.73. The second-order valence-corrected chi connectivity index (χ2v) is 14.7. The van der Waals surface area contributed by atoms with Crippen molar-refractivity contribution < 1.29 is 41.5 Å². The number of aryl methyl sites for hydroxylation is 1. The van der Waals surface area contributed by atoms with Crippen molar-refractivity contribution in [3.05, 3.63) is 40.4 Å². The van der Waals surface area contributed by atoms with Gasteiger partial charge >= 0.3 is 16.4 Å². The molecule has 2 aromatic rings. The Kier molecular flexibility index (Phi) is 8.42. The fourth-order valence-electron chi connectivity index (χ4n) is 6.17. The summed E-state index contributed by atoms with van der Waals surface area (Å²) in [4.78, 5) is 35.8. The van der Waals surface area contributed by atoms with E-state index >= 15 is 0 Å². The van der Waals surface area contributed by atoms with E-state index in [2.05, 4.69) is 30.4 Å². The smallest absolute Gasteiger partial charge is 0.413 e. The number of anilines is 1. The fourth-order valence-corrected chi connectivity index (χ4v) is 7.19. The molecular weight excluding hydrogens is 656 g/mol. The van der Waals surface area contributed by atoms with E-state index in [9.17, 15) is 23.1 Å². The van der Waals surface area contributed by atoms with E-state index in [1.807, 2.05) is 6.07 Å². The minimum atomic E-state index is -4.77. The van der Waals surface area contributed by atoms with Crippen molar-refractivity contribution in [3.8, 4) is 5.75 Å². The van der Waals surface area contributed by atoms with Crippen LogP contribution in [0.5, 0.6) is 5.75 Å². The zero-order chi connectivity index (χ0) is 33.9. The van der Waals surface area contributed by atoms with Crippen LogP contribution < -0.4 is 26.4 Å². The number of ether oxygens (including phenoxy) is 1. The first-order chi connectivity index (χ1) is 22.1. The minimum absolute atomic E-state index is 0.0329. The number of hydroxylamine groups is 2. The van der Waals surface area contributed by atoms with Gasteiger partial charge in [0.15, 0.2) is 16.9 Å². The lowest BCUT2D eigenvalue weighted by atomic mass is 9.85. The van der Waals surface area contributed by atoms with E-state index < -0.39 is 45.6 Å². The molecule has 2 saturated heterocycles. The van der Waals surface area contributed by atoms with Crippen molar-refractivity contribution in [2.24, 2.45) is 17.0 Å². The number of hydrogen-bond acceptors (Lipinski definition) is 14. The van der Waals surface area contributed by atoms with Crippen LogP contribution in [0, 0.1) is 17.2 Å². The highest BCUT2D eigenvalue weighted by molar-refractivity contribution is 7.80. The number of nitrogens with one attached hydrogen (secondary N) is 4. The number of carboxylic acid groups (broad SMARTS) is 1. The van der Waals surface area contributed by atoms with Gasteiger partial charge < -0.3 is 36.4 Å². The number of oxime groups is 1. The number of carbonyl (C=O) groups excluding carboxylic acids is 1. The van der Waals surface area contributed by atoms with Gasteiger partial charge in [-0.1, -0.05) is 5.16 Å². The molecule has 1 saturated carbocycles. The van der Waals surface area contributed by atoms with Crippen molar-refractivity contribution in [3.63, 3.8) is 0 Å². The topological polar surface area (TPSA) is 251 Å². The molecule has 4 aliphatic rings. The summed E-state index contributed by atoms with van der Waals surface area (Å²) in [6, 6.07) is 4.97. The van der Waals surface area contributed by atoms with Crippen molar-refractivity contribution in [2.75, 3.05) is 25.4 Å². The number of hydrogen-bond donors (Lipinski definition) is 7. The monoisotopic (exact) mass is 692 g/mol. The number of benzene rings is 1. The average Bonchev–Trinajstić information content (AvgIpc) is 3.32. The number of nitrogens with two attached hydrogens (primary N) is 1. The number of aliphatic carboxylic acids is 1. The van der Waals surface area contributed by atoms with E-state index in [0.717, 1.165) is 35.1 Å². The molecule has 6 rings (SSSR count). The third-order valence-electron chi connectivity index (χ3n) is 9.38. The molecule has 1 amide bonds. The van der Waals surface area contributed by atoms with Gasteiger partial charge in [0.1, 0.15) is 17.3 Å². The quantitative estimate of drug-likeness (QED) is 0.0716. The second kappa shape index (κ2) is 12.0. The first-order valence-corrected chi connectivity index (χ1v) is 17.1. The van der Waals surface area contributed by atoms with Crippen LogP contribution in [-0.2, 0) is 35.5 Å². The summed E-state index contributed by atoms with van der Waals surface area (Å²) < 4.78 is 42.0. The Morgan fingerprint density at radius 1 is 1.30 bits per heavy atom. The van der Waals surface area contributed by atoms with E-state index in [-0.39, 0.29) is 29.5 Å². The van der Waals surface area contributed by atoms with Gasteiger partial charge in [-0.05, 0) is 69.2 Å². The maximum atomic E-state index is 13.4. The van der Waals surface area contributed by atoms with E-state index in [1.165, 1.54) is 12.3 Å². The molecule has 254 valence electrons. The number of carboxylic acids is 1. The Morgan fingerprint density at radius 2 is 2.02 bits per heavy atom. The number of rotatable bonds is 11. The molecule has 19 heteroatoms. The van der Waals surface area contributed by atoms with Gasteiger partial charge in [0.2, 0.25) is 0 Å². The maximum Gasteiger partial charge on any atom is 0.413 e. The number of aromatic nitrogens is 1. The van der Waals surface area contributed by atoms with Crippen molar-refractivity contribution in [1.82, 2.24) is 26.0 Å². The molecule has 17 nitrogen and oxygen atoms in total. The van der Waals surface area contributed by atoms with Crippen LogP contribution in [0.3, 0.4) is 0 Å². The molecule has 6 atom stereocenters. The highest BCUT2D eigenvalue weighted by atomic mass is 32.3. The van der Waals surface area contributed by atoms with Crippen molar-refractivity contribution in [2.45, 2.75) is 62.9 Å². The predicted octanol–water partition coefficient (Wildman–Crippen LogP) is 0.129. The Morgan fingerprint density at radius 3 is 2.64 bits per heavy atom. The molecule has 1 aromatic carbocycles. The van der Waals surface area contributed by atoms with Crippen molar-refractivity contribution in [1.29, 1.82) is 5.41 Å². The number of amides is 1. The normalized spacial score (nSPS) is 27.7. The molecular formula is C28H36N8O9S2. The van der Waals surface area contributed by atoms with Crippen LogP contribution >= 0.6 is 11.3 Å². The average molecular weight is 693 g/mol. The molecule has 3 fully saturated rings. The van der Waals surface area contributed by atoms with E-state index in [4.69, 9.17) is 25.3 Å². The van der Waals surface area contributed by atoms with Crippen LogP contribution in [0.25, 0.3) is 0 Å². The first-order valence-electron chi connectivity index (χ1n) is 14.9. The Bertz CT molecular complexity index is 1740. The van der Waals surface area contributed by atoms with Crippen LogP contribution in [0.1, 0.15) is 44.0 Å². The highest BCUT2D eigenvalue weighted by Crippen LogP contribution is 2.42. The number of carbonyl (C=O) groups is 2. The predicted molar refractivity (Wildman–Crippen MR) is 168 cm³/mol. The summed E-state index contributed by atoms with van der Waals surface area (Å²) in [6.45, 7) is 6.29. The van der Waals surface area contributed by atoms with Gasteiger partial charge in [0.25, 0.3) is 11.5 Å². The first kappa shape index (κ1) is 33.0. The van der Waals surface area contributed by atoms with Gasteiger partial charge in [-0.3, -0.25) is 14.8 Å². The Labute approximate surface area is 274 Å². The lowest BCUT2D eigenvalue weighted by molar-refractivity contribution is -0.214. The number of piperidine rings is 1. The zero-order valence-electron chi connectivity index (χ0n) is 25.7. The number of nitrogen functional groups attached to an aromatic ring is 1. The number of fused-ring (bicyclic) bond motifs is 2. The van der Waals surface area contributed by atoms with Gasteiger partial charge in [0.05, 0.1) is 11.6 Å². The summed E-state index contributed by atoms with van der Waals surface area (Å²) >= 11 is 1.03. The molecule has 4 heterocycles. The van der Waals surface area contributed by atoms with Gasteiger partial charge in [-0.25, -0.2) is 9.78 Å². The molecule has 0 unspecified atom stereocenters. The molecule has 0 bridgehead atoms.